The van der Waals surface area contributed by atoms with E-state index >= 15 is 0 Å². The first kappa shape index (κ1) is 12.7. The quantitative estimate of drug-likeness (QED) is 0.546. The Balaban J connectivity index is 2.29. The molecule has 0 aromatic heterocycles. The highest BCUT2D eigenvalue weighted by molar-refractivity contribution is 5.69. The van der Waals surface area contributed by atoms with Crippen LogP contribution in [0.5, 0.6) is 0 Å². The third-order valence-electron chi connectivity index (χ3n) is 2.33. The number of hydrogen-bond donors (Lipinski definition) is 0. The number of benzene rings is 1. The summed E-state index contributed by atoms with van der Waals surface area (Å²) in [5.74, 6) is -0.583. The van der Waals surface area contributed by atoms with Crippen LogP contribution < -0.4 is 0 Å². The van der Waals surface area contributed by atoms with E-state index in [0.29, 0.717) is 12.0 Å². The van der Waals surface area contributed by atoms with E-state index in [1.54, 1.807) is 18.2 Å². The first-order valence-corrected chi connectivity index (χ1v) is 5.63. The van der Waals surface area contributed by atoms with Gasteiger partial charge in [0.2, 0.25) is 0 Å². The number of hydrogen-bond acceptors (Lipinski definition) is 2. The molecule has 88 valence electrons. The van der Waals surface area contributed by atoms with Gasteiger partial charge in [-0.1, -0.05) is 38.0 Å². The highest BCUT2D eigenvalue weighted by Gasteiger charge is 2.05. The maximum absolute atomic E-state index is 13.2. The first-order chi connectivity index (χ1) is 7.74. The Bertz CT molecular complexity index is 336. The lowest BCUT2D eigenvalue weighted by Gasteiger charge is -2.05. The second-order valence-corrected chi connectivity index (χ2v) is 3.71. The van der Waals surface area contributed by atoms with Gasteiger partial charge in [-0.2, -0.15) is 0 Å². The third kappa shape index (κ3) is 4.43. The first-order valence-electron chi connectivity index (χ1n) is 5.63. The molecule has 0 unspecified atom stereocenters. The Kier molecular flexibility index (Phi) is 5.54. The van der Waals surface area contributed by atoms with E-state index in [1.165, 1.54) is 6.07 Å². The number of carbonyl (C=O) groups excluding carboxylic acids is 1. The van der Waals surface area contributed by atoms with Crippen LogP contribution in [0.15, 0.2) is 24.3 Å². The lowest BCUT2D eigenvalue weighted by molar-refractivity contribution is -0.145. The van der Waals surface area contributed by atoms with Crippen molar-refractivity contribution in [1.29, 1.82) is 0 Å². The summed E-state index contributed by atoms with van der Waals surface area (Å²) in [6.45, 7) is 2.10. The van der Waals surface area contributed by atoms with Crippen molar-refractivity contribution >= 4 is 5.97 Å². The summed E-state index contributed by atoms with van der Waals surface area (Å²) >= 11 is 0. The molecular weight excluding hydrogens is 207 g/mol. The Morgan fingerprint density at radius 3 is 2.75 bits per heavy atom. The van der Waals surface area contributed by atoms with Crippen LogP contribution in [0.1, 0.15) is 38.2 Å². The molecule has 0 N–H and O–H groups in total. The summed E-state index contributed by atoms with van der Waals surface area (Å²) < 4.78 is 18.1. The van der Waals surface area contributed by atoms with Crippen LogP contribution in [0.4, 0.5) is 4.39 Å². The van der Waals surface area contributed by atoms with Gasteiger partial charge in [-0.15, -0.1) is 0 Å². The molecule has 0 heterocycles. The van der Waals surface area contributed by atoms with Gasteiger partial charge in [-0.25, -0.2) is 4.39 Å². The van der Waals surface area contributed by atoms with E-state index in [1.807, 2.05) is 0 Å². The van der Waals surface area contributed by atoms with Gasteiger partial charge >= 0.3 is 5.97 Å². The van der Waals surface area contributed by atoms with Crippen molar-refractivity contribution in [1.82, 2.24) is 0 Å². The second-order valence-electron chi connectivity index (χ2n) is 3.71. The Morgan fingerprint density at radius 1 is 1.31 bits per heavy atom. The minimum atomic E-state index is -0.330. The molecule has 2 nitrogen and oxygen atoms in total. The standard InChI is InChI=1S/C13H17FO2/c1-2-3-4-9-13(15)16-10-11-7-5-6-8-12(11)14/h5-8H,2-4,9-10H2,1H3. The monoisotopic (exact) mass is 224 g/mol. The van der Waals surface area contributed by atoms with Crippen molar-refractivity contribution in [3.8, 4) is 0 Å². The van der Waals surface area contributed by atoms with Gasteiger partial charge in [0.1, 0.15) is 12.4 Å². The van der Waals surface area contributed by atoms with Crippen molar-refractivity contribution < 1.29 is 13.9 Å². The van der Waals surface area contributed by atoms with Crippen LogP contribution in [-0.2, 0) is 16.1 Å². The molecular formula is C13H17FO2. The number of carbonyl (C=O) groups is 1. The van der Waals surface area contributed by atoms with Crippen molar-refractivity contribution in [3.63, 3.8) is 0 Å². The molecule has 0 aliphatic carbocycles. The molecule has 0 fully saturated rings. The lowest BCUT2D eigenvalue weighted by Crippen LogP contribution is -2.05. The summed E-state index contributed by atoms with van der Waals surface area (Å²) in [6, 6.07) is 6.32. The van der Waals surface area contributed by atoms with Crippen molar-refractivity contribution in [2.45, 2.75) is 39.2 Å². The van der Waals surface area contributed by atoms with Crippen molar-refractivity contribution in [2.75, 3.05) is 0 Å². The predicted molar refractivity (Wildman–Crippen MR) is 60.3 cm³/mol. The number of unbranched alkanes of at least 4 members (excludes halogenated alkanes) is 2. The smallest absolute Gasteiger partial charge is 0.306 e. The summed E-state index contributed by atoms with van der Waals surface area (Å²) in [5, 5.41) is 0. The van der Waals surface area contributed by atoms with E-state index in [-0.39, 0.29) is 18.4 Å². The fraction of sp³-hybridized carbons (Fsp3) is 0.462. The Hall–Kier alpha value is -1.38. The largest absolute Gasteiger partial charge is 0.461 e. The van der Waals surface area contributed by atoms with E-state index in [2.05, 4.69) is 6.92 Å². The molecule has 1 aromatic rings. The summed E-state index contributed by atoms with van der Waals surface area (Å²) in [5.41, 5.74) is 0.423. The Labute approximate surface area is 95.4 Å². The van der Waals surface area contributed by atoms with E-state index in [4.69, 9.17) is 4.74 Å². The minimum absolute atomic E-state index is 0.0254. The zero-order valence-corrected chi connectivity index (χ0v) is 9.54. The zero-order chi connectivity index (χ0) is 11.8. The van der Waals surface area contributed by atoms with Crippen LogP contribution in [0.25, 0.3) is 0 Å². The molecule has 0 saturated heterocycles. The Morgan fingerprint density at radius 2 is 2.06 bits per heavy atom. The molecule has 1 rings (SSSR count). The third-order valence-corrected chi connectivity index (χ3v) is 2.33. The fourth-order valence-corrected chi connectivity index (χ4v) is 1.37. The SMILES string of the molecule is CCCCCC(=O)OCc1ccccc1F. The highest BCUT2D eigenvalue weighted by Crippen LogP contribution is 2.09. The number of halogens is 1. The number of ether oxygens (including phenoxy) is 1. The normalized spacial score (nSPS) is 10.1. The van der Waals surface area contributed by atoms with Gasteiger partial charge < -0.3 is 4.74 Å². The molecule has 0 aliphatic heterocycles. The lowest BCUT2D eigenvalue weighted by atomic mass is 10.2. The predicted octanol–water partition coefficient (Wildman–Crippen LogP) is 3.45. The van der Waals surface area contributed by atoms with E-state index in [0.717, 1.165) is 19.3 Å². The number of esters is 1. The average Bonchev–Trinajstić information content (AvgIpc) is 2.28. The molecule has 1 aromatic carbocycles. The molecule has 0 aliphatic rings. The molecule has 0 saturated carbocycles. The molecule has 0 bridgehead atoms. The van der Waals surface area contributed by atoms with Gasteiger partial charge in [-0.05, 0) is 12.5 Å². The summed E-state index contributed by atoms with van der Waals surface area (Å²) in [4.78, 5) is 11.3. The molecule has 0 spiro atoms. The van der Waals surface area contributed by atoms with Crippen LogP contribution >= 0.6 is 0 Å². The van der Waals surface area contributed by atoms with Gasteiger partial charge in [-0.3, -0.25) is 4.79 Å². The fourth-order valence-electron chi connectivity index (χ4n) is 1.37. The second kappa shape index (κ2) is 6.99. The zero-order valence-electron chi connectivity index (χ0n) is 9.54. The van der Waals surface area contributed by atoms with Gasteiger partial charge in [0.15, 0.2) is 0 Å². The van der Waals surface area contributed by atoms with Crippen molar-refractivity contribution in [2.24, 2.45) is 0 Å². The van der Waals surface area contributed by atoms with Crippen LogP contribution in [0.3, 0.4) is 0 Å². The van der Waals surface area contributed by atoms with Crippen LogP contribution in [-0.4, -0.2) is 5.97 Å². The number of rotatable bonds is 6. The minimum Gasteiger partial charge on any atom is -0.461 e. The van der Waals surface area contributed by atoms with Gasteiger partial charge in [0.25, 0.3) is 0 Å². The molecule has 16 heavy (non-hydrogen) atoms. The van der Waals surface area contributed by atoms with Crippen LogP contribution in [0.2, 0.25) is 0 Å². The molecule has 0 amide bonds. The average molecular weight is 224 g/mol. The molecule has 3 heteroatoms. The highest BCUT2D eigenvalue weighted by atomic mass is 19.1. The summed E-state index contributed by atoms with van der Waals surface area (Å²) in [7, 11) is 0. The van der Waals surface area contributed by atoms with E-state index in [9.17, 15) is 9.18 Å². The van der Waals surface area contributed by atoms with Gasteiger partial charge in [0, 0.05) is 12.0 Å². The maximum Gasteiger partial charge on any atom is 0.306 e. The van der Waals surface area contributed by atoms with Crippen LogP contribution in [0, 0.1) is 5.82 Å². The van der Waals surface area contributed by atoms with Crippen molar-refractivity contribution in [3.05, 3.63) is 35.6 Å². The molecule has 0 radical (unpaired) electrons. The van der Waals surface area contributed by atoms with Gasteiger partial charge in [0.05, 0.1) is 0 Å². The summed E-state index contributed by atoms with van der Waals surface area (Å²) in [6.07, 6.45) is 3.35. The van der Waals surface area contributed by atoms with E-state index < -0.39 is 0 Å². The molecule has 0 atom stereocenters. The topological polar surface area (TPSA) is 26.3 Å². The maximum atomic E-state index is 13.2.